The fourth-order valence-electron chi connectivity index (χ4n) is 2.27. The van der Waals surface area contributed by atoms with Gasteiger partial charge in [0, 0.05) is 5.56 Å². The van der Waals surface area contributed by atoms with Gasteiger partial charge < -0.3 is 9.84 Å². The van der Waals surface area contributed by atoms with Crippen molar-refractivity contribution in [2.75, 3.05) is 6.54 Å². The number of hydrogen-bond donors (Lipinski definition) is 1. The highest BCUT2D eigenvalue weighted by Crippen LogP contribution is 2.29. The highest BCUT2D eigenvalue weighted by Gasteiger charge is 2.29. The van der Waals surface area contributed by atoms with E-state index >= 15 is 0 Å². The molecule has 1 saturated heterocycles. The van der Waals surface area contributed by atoms with Gasteiger partial charge in [-0.2, -0.15) is 4.98 Å². The van der Waals surface area contributed by atoms with E-state index in [-0.39, 0.29) is 11.9 Å². The molecule has 5 heteroatoms. The number of halogens is 1. The minimum atomic E-state index is -0.300. The van der Waals surface area contributed by atoms with Crippen molar-refractivity contribution in [3.05, 3.63) is 36.0 Å². The monoisotopic (exact) mass is 247 g/mol. The lowest BCUT2D eigenvalue weighted by atomic mass is 10.0. The van der Waals surface area contributed by atoms with E-state index in [4.69, 9.17) is 4.52 Å². The number of benzene rings is 1. The second-order valence-electron chi connectivity index (χ2n) is 4.66. The molecule has 1 aromatic carbocycles. The summed E-state index contributed by atoms with van der Waals surface area (Å²) in [5, 5.41) is 7.24. The van der Waals surface area contributed by atoms with E-state index in [1.165, 1.54) is 12.1 Å². The molecule has 0 spiro atoms. The molecule has 2 atom stereocenters. The van der Waals surface area contributed by atoms with Crippen molar-refractivity contribution in [3.63, 3.8) is 0 Å². The molecule has 18 heavy (non-hydrogen) atoms. The molecule has 0 bridgehead atoms. The lowest BCUT2D eigenvalue weighted by Crippen LogP contribution is -2.16. The van der Waals surface area contributed by atoms with Gasteiger partial charge in [0.2, 0.25) is 11.7 Å². The first-order valence-electron chi connectivity index (χ1n) is 6.07. The molecule has 94 valence electrons. The number of rotatable bonds is 2. The van der Waals surface area contributed by atoms with Crippen molar-refractivity contribution < 1.29 is 8.91 Å². The third-order valence-electron chi connectivity index (χ3n) is 3.32. The Kier molecular flexibility index (Phi) is 2.83. The van der Waals surface area contributed by atoms with Crippen LogP contribution in [0.4, 0.5) is 4.39 Å². The lowest BCUT2D eigenvalue weighted by molar-refractivity contribution is 0.319. The van der Waals surface area contributed by atoms with Crippen LogP contribution in [-0.2, 0) is 0 Å². The zero-order valence-electron chi connectivity index (χ0n) is 10.1. The van der Waals surface area contributed by atoms with Crippen LogP contribution in [-0.4, -0.2) is 16.7 Å². The minimum Gasteiger partial charge on any atom is -0.337 e. The normalized spacial score (nSPS) is 23.4. The van der Waals surface area contributed by atoms with Gasteiger partial charge in [-0.1, -0.05) is 24.2 Å². The van der Waals surface area contributed by atoms with Crippen LogP contribution in [0.25, 0.3) is 11.4 Å². The van der Waals surface area contributed by atoms with Gasteiger partial charge in [-0.3, -0.25) is 0 Å². The summed E-state index contributed by atoms with van der Waals surface area (Å²) in [6.07, 6.45) is 1.10. The molecule has 1 fully saturated rings. The quantitative estimate of drug-likeness (QED) is 0.886. The van der Waals surface area contributed by atoms with E-state index in [0.29, 0.717) is 23.2 Å². The van der Waals surface area contributed by atoms with E-state index < -0.39 is 0 Å². The molecule has 0 radical (unpaired) electrons. The van der Waals surface area contributed by atoms with Gasteiger partial charge in [0.25, 0.3) is 0 Å². The van der Waals surface area contributed by atoms with Gasteiger partial charge in [-0.05, 0) is 31.0 Å². The SMILES string of the molecule is CC1CCNC1c1nc(-c2cccc(F)c2)no1. The summed E-state index contributed by atoms with van der Waals surface area (Å²) < 4.78 is 18.4. The molecule has 1 aliphatic rings. The van der Waals surface area contributed by atoms with E-state index in [1.54, 1.807) is 12.1 Å². The fraction of sp³-hybridized carbons (Fsp3) is 0.385. The third-order valence-corrected chi connectivity index (χ3v) is 3.32. The maximum atomic E-state index is 13.1. The summed E-state index contributed by atoms with van der Waals surface area (Å²) in [5.74, 6) is 1.20. The molecule has 2 aromatic rings. The van der Waals surface area contributed by atoms with Crippen LogP contribution in [0.2, 0.25) is 0 Å². The van der Waals surface area contributed by atoms with Crippen LogP contribution in [0.5, 0.6) is 0 Å². The molecule has 0 amide bonds. The van der Waals surface area contributed by atoms with Crippen LogP contribution < -0.4 is 5.32 Å². The average Bonchev–Trinajstić information content (AvgIpc) is 2.97. The summed E-state index contributed by atoms with van der Waals surface area (Å²) >= 11 is 0. The predicted molar refractivity (Wildman–Crippen MR) is 64.2 cm³/mol. The zero-order chi connectivity index (χ0) is 12.5. The van der Waals surface area contributed by atoms with Gasteiger partial charge >= 0.3 is 0 Å². The Morgan fingerprint density at radius 1 is 1.44 bits per heavy atom. The Hall–Kier alpha value is -1.75. The molecule has 1 aromatic heterocycles. The molecule has 1 N–H and O–H groups in total. The largest absolute Gasteiger partial charge is 0.337 e. The predicted octanol–water partition coefficient (Wildman–Crippen LogP) is 2.55. The van der Waals surface area contributed by atoms with Crippen molar-refractivity contribution >= 4 is 0 Å². The first kappa shape index (κ1) is 11.3. The van der Waals surface area contributed by atoms with Gasteiger partial charge in [0.1, 0.15) is 5.82 Å². The van der Waals surface area contributed by atoms with Gasteiger partial charge in [0.05, 0.1) is 6.04 Å². The van der Waals surface area contributed by atoms with Gasteiger partial charge in [-0.25, -0.2) is 4.39 Å². The highest BCUT2D eigenvalue weighted by molar-refractivity contribution is 5.53. The smallest absolute Gasteiger partial charge is 0.244 e. The van der Waals surface area contributed by atoms with Gasteiger partial charge in [-0.15, -0.1) is 0 Å². The lowest BCUT2D eigenvalue weighted by Gasteiger charge is -2.09. The number of hydrogen-bond acceptors (Lipinski definition) is 4. The summed E-state index contributed by atoms with van der Waals surface area (Å²) in [7, 11) is 0. The number of aromatic nitrogens is 2. The summed E-state index contributed by atoms with van der Waals surface area (Å²) in [4.78, 5) is 4.35. The van der Waals surface area contributed by atoms with E-state index in [1.807, 2.05) is 0 Å². The molecule has 3 rings (SSSR count). The van der Waals surface area contributed by atoms with Crippen LogP contribution >= 0.6 is 0 Å². The maximum Gasteiger partial charge on any atom is 0.244 e. The van der Waals surface area contributed by atoms with Crippen molar-refractivity contribution in [2.24, 2.45) is 5.92 Å². The Morgan fingerprint density at radius 3 is 3.06 bits per heavy atom. The summed E-state index contributed by atoms with van der Waals surface area (Å²) in [6, 6.07) is 6.31. The Labute approximate surface area is 104 Å². The second-order valence-corrected chi connectivity index (χ2v) is 4.66. The van der Waals surface area contributed by atoms with Crippen LogP contribution in [0.3, 0.4) is 0 Å². The van der Waals surface area contributed by atoms with Crippen LogP contribution in [0.1, 0.15) is 25.3 Å². The standard InChI is InChI=1S/C13H14FN3O/c1-8-5-6-15-11(8)13-16-12(17-18-13)9-3-2-4-10(14)7-9/h2-4,7-8,11,15H,5-6H2,1H3. The Bertz CT molecular complexity index is 555. The molecule has 0 saturated carbocycles. The average molecular weight is 247 g/mol. The summed E-state index contributed by atoms with van der Waals surface area (Å²) in [5.41, 5.74) is 0.635. The Balaban J connectivity index is 1.89. The first-order valence-corrected chi connectivity index (χ1v) is 6.07. The molecule has 4 nitrogen and oxygen atoms in total. The molecule has 0 aliphatic carbocycles. The maximum absolute atomic E-state index is 13.1. The minimum absolute atomic E-state index is 0.111. The number of nitrogens with one attached hydrogen (secondary N) is 1. The highest BCUT2D eigenvalue weighted by atomic mass is 19.1. The topological polar surface area (TPSA) is 51.0 Å². The van der Waals surface area contributed by atoms with E-state index in [0.717, 1.165) is 13.0 Å². The van der Waals surface area contributed by atoms with E-state index in [2.05, 4.69) is 22.4 Å². The Morgan fingerprint density at radius 2 is 2.33 bits per heavy atom. The molecule has 2 heterocycles. The van der Waals surface area contributed by atoms with Crippen molar-refractivity contribution in [2.45, 2.75) is 19.4 Å². The third kappa shape index (κ3) is 2.01. The van der Waals surface area contributed by atoms with Crippen LogP contribution in [0, 0.1) is 11.7 Å². The second kappa shape index (κ2) is 4.49. The summed E-state index contributed by atoms with van der Waals surface area (Å²) in [6.45, 7) is 3.11. The first-order chi connectivity index (χ1) is 8.74. The van der Waals surface area contributed by atoms with Crippen LogP contribution in [0.15, 0.2) is 28.8 Å². The molecular weight excluding hydrogens is 233 g/mol. The van der Waals surface area contributed by atoms with E-state index in [9.17, 15) is 4.39 Å². The molecular formula is C13H14FN3O. The van der Waals surface area contributed by atoms with Gasteiger partial charge in [0.15, 0.2) is 0 Å². The van der Waals surface area contributed by atoms with Crippen molar-refractivity contribution in [3.8, 4) is 11.4 Å². The van der Waals surface area contributed by atoms with Crippen molar-refractivity contribution in [1.29, 1.82) is 0 Å². The zero-order valence-corrected chi connectivity index (χ0v) is 10.1. The molecule has 2 unspecified atom stereocenters. The fourth-order valence-corrected chi connectivity index (χ4v) is 2.27. The molecule has 1 aliphatic heterocycles. The number of nitrogens with zero attached hydrogens (tertiary/aromatic N) is 2. The van der Waals surface area contributed by atoms with Crippen molar-refractivity contribution in [1.82, 2.24) is 15.5 Å².